The van der Waals surface area contributed by atoms with E-state index < -0.39 is 32.6 Å². The molecule has 1 unspecified atom stereocenters. The first-order valence-corrected chi connectivity index (χ1v) is 6.79. The summed E-state index contributed by atoms with van der Waals surface area (Å²) in [5.74, 6) is -2.33. The molecule has 0 aliphatic carbocycles. The van der Waals surface area contributed by atoms with Crippen molar-refractivity contribution in [2.45, 2.75) is 30.5 Å². The first kappa shape index (κ1) is 16.4. The van der Waals surface area contributed by atoms with Crippen molar-refractivity contribution in [1.82, 2.24) is 4.72 Å². The summed E-state index contributed by atoms with van der Waals surface area (Å²) in [6.07, 6.45) is -5.28. The Bertz CT molecular complexity index is 627. The number of carboxylic acids is 1. The number of halogens is 3. The van der Waals surface area contributed by atoms with E-state index in [0.717, 1.165) is 12.1 Å². The number of aryl methyl sites for hydroxylation is 1. The average molecular weight is 311 g/mol. The van der Waals surface area contributed by atoms with E-state index in [1.165, 1.54) is 10.8 Å². The van der Waals surface area contributed by atoms with Gasteiger partial charge in [0.05, 0.1) is 4.90 Å². The maximum Gasteiger partial charge on any atom is 0.418 e. The Labute approximate surface area is 113 Å². The predicted octanol–water partition coefficient (Wildman–Crippen LogP) is 1.68. The molecule has 1 rings (SSSR count). The Hall–Kier alpha value is -1.61. The highest BCUT2D eigenvalue weighted by Crippen LogP contribution is 2.32. The highest BCUT2D eigenvalue weighted by atomic mass is 32.2. The molecule has 0 amide bonds. The van der Waals surface area contributed by atoms with E-state index in [0.29, 0.717) is 5.56 Å². The third-order valence-electron chi connectivity index (χ3n) is 2.63. The fraction of sp³-hybridized carbons (Fsp3) is 0.364. The summed E-state index contributed by atoms with van der Waals surface area (Å²) in [6, 6.07) is 5.11. The number of hydrogen-bond donors (Lipinski definition) is 2. The Morgan fingerprint density at radius 1 is 1.30 bits per heavy atom. The van der Waals surface area contributed by atoms with Crippen molar-refractivity contribution in [3.8, 4) is 0 Å². The molecule has 0 aromatic heterocycles. The van der Waals surface area contributed by atoms with Crippen LogP contribution in [0.15, 0.2) is 29.2 Å². The van der Waals surface area contributed by atoms with Crippen LogP contribution in [0.5, 0.6) is 0 Å². The molecule has 20 heavy (non-hydrogen) atoms. The Morgan fingerprint density at radius 2 is 1.85 bits per heavy atom. The van der Waals surface area contributed by atoms with Crippen molar-refractivity contribution >= 4 is 16.0 Å². The van der Waals surface area contributed by atoms with Gasteiger partial charge in [-0.3, -0.25) is 0 Å². The minimum Gasteiger partial charge on any atom is -0.480 e. The molecule has 2 N–H and O–H groups in total. The van der Waals surface area contributed by atoms with Crippen LogP contribution in [-0.4, -0.2) is 31.2 Å². The van der Waals surface area contributed by atoms with E-state index in [-0.39, 0.29) is 6.92 Å². The summed E-state index contributed by atoms with van der Waals surface area (Å²) in [6.45, 7) is 1.81. The quantitative estimate of drug-likeness (QED) is 0.886. The molecule has 0 saturated heterocycles. The van der Waals surface area contributed by atoms with Crippen LogP contribution in [-0.2, 0) is 14.8 Å². The number of rotatable bonds is 4. The number of aliphatic carboxylic acids is 1. The number of nitrogens with one attached hydrogen (secondary N) is 1. The van der Waals surface area contributed by atoms with Gasteiger partial charge in [0, 0.05) is 0 Å². The van der Waals surface area contributed by atoms with Gasteiger partial charge in [0.15, 0.2) is 0 Å². The van der Waals surface area contributed by atoms with Crippen LogP contribution < -0.4 is 4.72 Å². The lowest BCUT2D eigenvalue weighted by molar-refractivity contribution is -0.201. The van der Waals surface area contributed by atoms with Crippen molar-refractivity contribution in [3.05, 3.63) is 29.8 Å². The number of benzene rings is 1. The second-order valence-electron chi connectivity index (χ2n) is 4.35. The smallest absolute Gasteiger partial charge is 0.418 e. The fourth-order valence-corrected chi connectivity index (χ4v) is 2.79. The summed E-state index contributed by atoms with van der Waals surface area (Å²) in [7, 11) is -4.62. The molecule has 5 nitrogen and oxygen atoms in total. The topological polar surface area (TPSA) is 83.5 Å². The molecule has 0 radical (unpaired) electrons. The van der Waals surface area contributed by atoms with Crippen LogP contribution in [0.2, 0.25) is 0 Å². The third kappa shape index (κ3) is 3.10. The molecular formula is C11H12F3NO4S. The molecule has 0 spiro atoms. The van der Waals surface area contributed by atoms with Crippen LogP contribution >= 0.6 is 0 Å². The maximum absolute atomic E-state index is 12.8. The summed E-state index contributed by atoms with van der Waals surface area (Å²) in [5.41, 5.74) is -3.09. The molecular weight excluding hydrogens is 299 g/mol. The van der Waals surface area contributed by atoms with Gasteiger partial charge in [0.1, 0.15) is 0 Å². The molecule has 0 heterocycles. The van der Waals surface area contributed by atoms with Gasteiger partial charge in [-0.15, -0.1) is 0 Å². The van der Waals surface area contributed by atoms with Gasteiger partial charge in [-0.05, 0) is 31.5 Å². The standard InChI is InChI=1S/C11H12F3NO4S/c1-7-4-3-5-8(6-7)20(18,19)15-10(2,9(16)17)11(12,13)14/h3-6,15H,1-2H3,(H,16,17). The van der Waals surface area contributed by atoms with Crippen LogP contribution in [0.1, 0.15) is 12.5 Å². The number of alkyl halides is 3. The first-order valence-electron chi connectivity index (χ1n) is 5.31. The molecule has 1 atom stereocenters. The summed E-state index contributed by atoms with van der Waals surface area (Å²) in [5, 5.41) is 8.69. The largest absolute Gasteiger partial charge is 0.480 e. The zero-order chi connectivity index (χ0) is 15.8. The van der Waals surface area contributed by atoms with Crippen molar-refractivity contribution in [2.24, 2.45) is 0 Å². The summed E-state index contributed by atoms with van der Waals surface area (Å²) < 4.78 is 63.3. The SMILES string of the molecule is Cc1cccc(S(=O)(=O)NC(C)(C(=O)O)C(F)(F)F)c1. The van der Waals surface area contributed by atoms with E-state index in [2.05, 4.69) is 0 Å². The molecule has 0 fully saturated rings. The second-order valence-corrected chi connectivity index (χ2v) is 6.03. The van der Waals surface area contributed by atoms with Gasteiger partial charge in [-0.2, -0.15) is 17.9 Å². The molecule has 0 saturated carbocycles. The lowest BCUT2D eigenvalue weighted by Crippen LogP contribution is -2.61. The highest BCUT2D eigenvalue weighted by molar-refractivity contribution is 7.89. The molecule has 9 heteroatoms. The lowest BCUT2D eigenvalue weighted by Gasteiger charge is -2.28. The summed E-state index contributed by atoms with van der Waals surface area (Å²) >= 11 is 0. The molecule has 0 bridgehead atoms. The van der Waals surface area contributed by atoms with Crippen LogP contribution in [0.4, 0.5) is 13.2 Å². The van der Waals surface area contributed by atoms with Crippen LogP contribution in [0.25, 0.3) is 0 Å². The van der Waals surface area contributed by atoms with Crippen molar-refractivity contribution in [2.75, 3.05) is 0 Å². The van der Waals surface area contributed by atoms with E-state index in [4.69, 9.17) is 5.11 Å². The average Bonchev–Trinajstić information content (AvgIpc) is 2.26. The van der Waals surface area contributed by atoms with Crippen molar-refractivity contribution in [3.63, 3.8) is 0 Å². The van der Waals surface area contributed by atoms with Gasteiger partial charge in [-0.1, -0.05) is 12.1 Å². The van der Waals surface area contributed by atoms with Crippen LogP contribution in [0.3, 0.4) is 0 Å². The van der Waals surface area contributed by atoms with Crippen molar-refractivity contribution in [1.29, 1.82) is 0 Å². The molecule has 112 valence electrons. The van der Waals surface area contributed by atoms with Crippen molar-refractivity contribution < 1.29 is 31.5 Å². The zero-order valence-electron chi connectivity index (χ0n) is 10.5. The van der Waals surface area contributed by atoms with E-state index in [9.17, 15) is 26.4 Å². The molecule has 0 aliphatic rings. The number of sulfonamides is 1. The highest BCUT2D eigenvalue weighted by Gasteiger charge is 2.59. The van der Waals surface area contributed by atoms with Gasteiger partial charge < -0.3 is 5.11 Å². The Morgan fingerprint density at radius 3 is 2.25 bits per heavy atom. The summed E-state index contributed by atoms with van der Waals surface area (Å²) in [4.78, 5) is 10.4. The number of hydrogen-bond acceptors (Lipinski definition) is 3. The first-order chi connectivity index (χ1) is 8.90. The van der Waals surface area contributed by atoms with Crippen LogP contribution in [0, 0.1) is 6.92 Å². The molecule has 1 aromatic carbocycles. The number of carbonyl (C=O) groups is 1. The molecule has 0 aliphatic heterocycles. The minimum atomic E-state index is -5.28. The van der Waals surface area contributed by atoms with Gasteiger partial charge in [-0.25, -0.2) is 13.2 Å². The lowest BCUT2D eigenvalue weighted by atomic mass is 10.0. The van der Waals surface area contributed by atoms with Gasteiger partial charge in [0.2, 0.25) is 15.6 Å². The van der Waals surface area contributed by atoms with E-state index in [1.54, 1.807) is 13.0 Å². The normalized spacial score (nSPS) is 15.7. The predicted molar refractivity (Wildman–Crippen MR) is 63.6 cm³/mol. The van der Waals surface area contributed by atoms with Gasteiger partial charge in [0.25, 0.3) is 0 Å². The van der Waals surface area contributed by atoms with E-state index >= 15 is 0 Å². The van der Waals surface area contributed by atoms with E-state index in [1.807, 2.05) is 0 Å². The van der Waals surface area contributed by atoms with Gasteiger partial charge >= 0.3 is 12.1 Å². The maximum atomic E-state index is 12.8. The Kier molecular flexibility index (Phi) is 4.16. The third-order valence-corrected chi connectivity index (χ3v) is 4.18. The second kappa shape index (κ2) is 5.06. The zero-order valence-corrected chi connectivity index (χ0v) is 11.3. The fourth-order valence-electron chi connectivity index (χ4n) is 1.33. The number of carboxylic acid groups (broad SMARTS) is 1. The monoisotopic (exact) mass is 311 g/mol. The minimum absolute atomic E-state index is 0.253. The Balaban J connectivity index is 3.28. The molecule has 1 aromatic rings.